The van der Waals surface area contributed by atoms with Crippen molar-refractivity contribution in [2.24, 2.45) is 0 Å². The van der Waals surface area contributed by atoms with Crippen molar-refractivity contribution in [3.63, 3.8) is 0 Å². The molecule has 1 amide bonds. The van der Waals surface area contributed by atoms with Gasteiger partial charge in [-0.05, 0) is 57.0 Å². The Bertz CT molecular complexity index is 463. The molecule has 1 N–H and O–H groups in total. The van der Waals surface area contributed by atoms with E-state index in [1.807, 2.05) is 12.1 Å². The van der Waals surface area contributed by atoms with Crippen molar-refractivity contribution in [2.45, 2.75) is 25.7 Å². The second-order valence-corrected chi connectivity index (χ2v) is 5.78. The van der Waals surface area contributed by atoms with Crippen LogP contribution in [0.15, 0.2) is 24.3 Å². The molecule has 0 saturated carbocycles. The molecule has 2 heterocycles. The molecule has 2 saturated heterocycles. The highest BCUT2D eigenvalue weighted by Crippen LogP contribution is 2.23. The number of benzene rings is 1. The van der Waals surface area contributed by atoms with E-state index >= 15 is 0 Å². The Morgan fingerprint density at radius 1 is 1.05 bits per heavy atom. The van der Waals surface area contributed by atoms with Gasteiger partial charge < -0.3 is 10.2 Å². The van der Waals surface area contributed by atoms with Crippen LogP contribution in [0.2, 0.25) is 0 Å². The molecule has 3 rings (SSSR count). The summed E-state index contributed by atoms with van der Waals surface area (Å²) in [7, 11) is 0. The van der Waals surface area contributed by atoms with Crippen LogP contribution in [0.3, 0.4) is 0 Å². The molecule has 0 aromatic heterocycles. The lowest BCUT2D eigenvalue weighted by Gasteiger charge is -2.19. The quantitative estimate of drug-likeness (QED) is 0.914. The topological polar surface area (TPSA) is 35.6 Å². The van der Waals surface area contributed by atoms with Gasteiger partial charge in [0.15, 0.2) is 0 Å². The minimum Gasteiger partial charge on any atom is -0.371 e. The fourth-order valence-corrected chi connectivity index (χ4v) is 3.10. The van der Waals surface area contributed by atoms with Crippen molar-refractivity contribution < 1.29 is 4.79 Å². The Balaban J connectivity index is 1.58. The van der Waals surface area contributed by atoms with Gasteiger partial charge in [0, 0.05) is 24.5 Å². The molecular formula is C16H23N3O. The van der Waals surface area contributed by atoms with Crippen LogP contribution in [-0.2, 0) is 4.79 Å². The smallest absolute Gasteiger partial charge is 0.238 e. The predicted molar refractivity (Wildman–Crippen MR) is 82.2 cm³/mol. The summed E-state index contributed by atoms with van der Waals surface area (Å²) in [6, 6.07) is 8.22. The maximum Gasteiger partial charge on any atom is 0.238 e. The van der Waals surface area contributed by atoms with E-state index in [1.165, 1.54) is 31.4 Å². The standard InChI is InChI=1S/C16H23N3O/c20-16(13-18-8-1-2-9-18)17-14-6-5-7-15(12-14)19-10-3-4-11-19/h5-7,12H,1-4,8-11,13H2,(H,17,20). The van der Waals surface area contributed by atoms with E-state index in [9.17, 15) is 4.79 Å². The molecule has 4 nitrogen and oxygen atoms in total. The normalized spacial score (nSPS) is 19.5. The van der Waals surface area contributed by atoms with Gasteiger partial charge in [-0.25, -0.2) is 0 Å². The first-order valence-corrected chi connectivity index (χ1v) is 7.68. The van der Waals surface area contributed by atoms with Gasteiger partial charge in [0.1, 0.15) is 0 Å². The number of rotatable bonds is 4. The molecule has 4 heteroatoms. The van der Waals surface area contributed by atoms with E-state index in [4.69, 9.17) is 0 Å². The summed E-state index contributed by atoms with van der Waals surface area (Å²) in [5.41, 5.74) is 2.14. The number of carbonyl (C=O) groups is 1. The molecule has 2 aliphatic heterocycles. The van der Waals surface area contributed by atoms with Crippen LogP contribution in [0.25, 0.3) is 0 Å². The van der Waals surface area contributed by atoms with Gasteiger partial charge in [0.05, 0.1) is 6.54 Å². The van der Waals surface area contributed by atoms with Gasteiger partial charge >= 0.3 is 0 Å². The Morgan fingerprint density at radius 3 is 2.50 bits per heavy atom. The van der Waals surface area contributed by atoms with Crippen LogP contribution < -0.4 is 10.2 Å². The molecule has 0 aliphatic carbocycles. The Kier molecular flexibility index (Phi) is 4.21. The summed E-state index contributed by atoms with van der Waals surface area (Å²) in [6.07, 6.45) is 4.98. The van der Waals surface area contributed by atoms with Crippen molar-refractivity contribution >= 4 is 17.3 Å². The van der Waals surface area contributed by atoms with Crippen LogP contribution in [0, 0.1) is 0 Å². The van der Waals surface area contributed by atoms with Gasteiger partial charge in [-0.1, -0.05) is 6.07 Å². The average Bonchev–Trinajstić information content (AvgIpc) is 3.11. The first-order valence-electron chi connectivity index (χ1n) is 7.68. The largest absolute Gasteiger partial charge is 0.371 e. The van der Waals surface area contributed by atoms with Gasteiger partial charge in [-0.15, -0.1) is 0 Å². The predicted octanol–water partition coefficient (Wildman–Crippen LogP) is 2.32. The molecule has 2 fully saturated rings. The van der Waals surface area contributed by atoms with Gasteiger partial charge in [0.25, 0.3) is 0 Å². The number of hydrogen-bond acceptors (Lipinski definition) is 3. The summed E-state index contributed by atoms with van der Waals surface area (Å²) >= 11 is 0. The highest BCUT2D eigenvalue weighted by molar-refractivity contribution is 5.92. The van der Waals surface area contributed by atoms with Crippen molar-refractivity contribution in [1.82, 2.24) is 4.90 Å². The molecule has 20 heavy (non-hydrogen) atoms. The van der Waals surface area contributed by atoms with Crippen LogP contribution in [0.5, 0.6) is 0 Å². The third kappa shape index (κ3) is 3.31. The minimum absolute atomic E-state index is 0.102. The highest BCUT2D eigenvalue weighted by atomic mass is 16.2. The Morgan fingerprint density at radius 2 is 1.75 bits per heavy atom. The lowest BCUT2D eigenvalue weighted by molar-refractivity contribution is -0.117. The summed E-state index contributed by atoms with van der Waals surface area (Å²) in [4.78, 5) is 16.6. The maximum absolute atomic E-state index is 12.0. The van der Waals surface area contributed by atoms with Gasteiger partial charge in [0.2, 0.25) is 5.91 Å². The van der Waals surface area contributed by atoms with Gasteiger partial charge in [-0.3, -0.25) is 9.69 Å². The van der Waals surface area contributed by atoms with Crippen molar-refractivity contribution in [2.75, 3.05) is 42.9 Å². The van der Waals surface area contributed by atoms with Crippen molar-refractivity contribution in [1.29, 1.82) is 0 Å². The number of nitrogens with zero attached hydrogens (tertiary/aromatic N) is 2. The number of carbonyl (C=O) groups excluding carboxylic acids is 1. The Hall–Kier alpha value is -1.55. The van der Waals surface area contributed by atoms with E-state index < -0.39 is 0 Å². The van der Waals surface area contributed by atoms with Crippen LogP contribution in [-0.4, -0.2) is 43.5 Å². The fourth-order valence-electron chi connectivity index (χ4n) is 3.10. The first kappa shape index (κ1) is 13.4. The third-order valence-electron chi connectivity index (χ3n) is 4.17. The molecule has 0 radical (unpaired) electrons. The average molecular weight is 273 g/mol. The van der Waals surface area contributed by atoms with Crippen molar-refractivity contribution in [3.05, 3.63) is 24.3 Å². The van der Waals surface area contributed by atoms with E-state index in [0.717, 1.165) is 31.9 Å². The highest BCUT2D eigenvalue weighted by Gasteiger charge is 2.16. The molecule has 0 atom stereocenters. The molecule has 0 bridgehead atoms. The number of hydrogen-bond donors (Lipinski definition) is 1. The number of likely N-dealkylation sites (tertiary alicyclic amines) is 1. The zero-order chi connectivity index (χ0) is 13.8. The lowest BCUT2D eigenvalue weighted by atomic mass is 10.2. The molecule has 0 unspecified atom stereocenters. The second-order valence-electron chi connectivity index (χ2n) is 5.78. The zero-order valence-corrected chi connectivity index (χ0v) is 12.0. The van der Waals surface area contributed by atoms with Crippen LogP contribution >= 0.6 is 0 Å². The first-order chi connectivity index (χ1) is 9.81. The van der Waals surface area contributed by atoms with E-state index in [-0.39, 0.29) is 5.91 Å². The lowest BCUT2D eigenvalue weighted by Crippen LogP contribution is -2.30. The van der Waals surface area contributed by atoms with E-state index in [2.05, 4.69) is 27.2 Å². The Labute approximate surface area is 120 Å². The molecule has 1 aromatic carbocycles. The van der Waals surface area contributed by atoms with Crippen LogP contribution in [0.4, 0.5) is 11.4 Å². The summed E-state index contributed by atoms with van der Waals surface area (Å²) in [6.45, 7) is 4.90. The monoisotopic (exact) mass is 273 g/mol. The SMILES string of the molecule is O=C(CN1CCCC1)Nc1cccc(N2CCCC2)c1. The summed E-state index contributed by atoms with van der Waals surface area (Å²) in [5, 5.41) is 3.03. The van der Waals surface area contributed by atoms with Crippen molar-refractivity contribution in [3.8, 4) is 0 Å². The summed E-state index contributed by atoms with van der Waals surface area (Å²) in [5.74, 6) is 0.102. The second kappa shape index (κ2) is 6.27. The molecular weight excluding hydrogens is 250 g/mol. The van der Waals surface area contributed by atoms with Crippen LogP contribution in [0.1, 0.15) is 25.7 Å². The maximum atomic E-state index is 12.0. The fraction of sp³-hybridized carbons (Fsp3) is 0.562. The number of nitrogens with one attached hydrogen (secondary N) is 1. The number of amides is 1. The molecule has 108 valence electrons. The number of anilines is 2. The molecule has 0 spiro atoms. The summed E-state index contributed by atoms with van der Waals surface area (Å²) < 4.78 is 0. The van der Waals surface area contributed by atoms with E-state index in [0.29, 0.717) is 6.54 Å². The third-order valence-corrected chi connectivity index (χ3v) is 4.17. The molecule has 2 aliphatic rings. The minimum atomic E-state index is 0.102. The molecule has 1 aromatic rings. The van der Waals surface area contributed by atoms with Gasteiger partial charge in [-0.2, -0.15) is 0 Å². The zero-order valence-electron chi connectivity index (χ0n) is 12.0. The van der Waals surface area contributed by atoms with E-state index in [1.54, 1.807) is 0 Å².